The summed E-state index contributed by atoms with van der Waals surface area (Å²) in [6, 6.07) is 15.6. The molecule has 0 radical (unpaired) electrons. The van der Waals surface area contributed by atoms with Crippen molar-refractivity contribution >= 4 is 28.9 Å². The summed E-state index contributed by atoms with van der Waals surface area (Å²) in [4.78, 5) is 31.1. The molecule has 2 fully saturated rings. The van der Waals surface area contributed by atoms with Crippen LogP contribution in [0.25, 0.3) is 0 Å². The summed E-state index contributed by atoms with van der Waals surface area (Å²) in [6.07, 6.45) is 1.43. The second-order valence-corrected chi connectivity index (χ2v) is 7.88. The molecule has 7 nitrogen and oxygen atoms in total. The molecule has 4 rings (SSSR count). The molecule has 0 unspecified atom stereocenters. The molecule has 0 spiro atoms. The Bertz CT molecular complexity index is 925. The van der Waals surface area contributed by atoms with E-state index >= 15 is 0 Å². The van der Waals surface area contributed by atoms with Crippen LogP contribution in [0.15, 0.2) is 48.5 Å². The van der Waals surface area contributed by atoms with Gasteiger partial charge in [0.1, 0.15) is 5.75 Å². The van der Waals surface area contributed by atoms with Crippen molar-refractivity contribution in [1.29, 1.82) is 0 Å². The van der Waals surface area contributed by atoms with Gasteiger partial charge in [-0.2, -0.15) is 0 Å². The lowest BCUT2D eigenvalue weighted by molar-refractivity contribution is -0.118. The Kier molecular flexibility index (Phi) is 6.72. The number of nitrogens with one attached hydrogen (secondary N) is 1. The quantitative estimate of drug-likeness (QED) is 0.743. The van der Waals surface area contributed by atoms with Crippen molar-refractivity contribution in [1.82, 2.24) is 4.90 Å². The summed E-state index contributed by atoms with van der Waals surface area (Å²) < 4.78 is 5.76. The SMILES string of the molecule is CCOc1ccccc1N1CCN(CC(=O)Nc2ccccc2N2CCCC2=O)CC1. The Morgan fingerprint density at radius 1 is 0.968 bits per heavy atom. The number of rotatable bonds is 7. The smallest absolute Gasteiger partial charge is 0.238 e. The van der Waals surface area contributed by atoms with Crippen LogP contribution < -0.4 is 19.9 Å². The Balaban J connectivity index is 1.33. The summed E-state index contributed by atoms with van der Waals surface area (Å²) in [5.74, 6) is 0.969. The average Bonchev–Trinajstić information content (AvgIpc) is 3.21. The molecule has 2 saturated heterocycles. The lowest BCUT2D eigenvalue weighted by atomic mass is 10.2. The number of amides is 2. The van der Waals surface area contributed by atoms with Gasteiger partial charge in [0, 0.05) is 39.1 Å². The Labute approximate surface area is 183 Å². The van der Waals surface area contributed by atoms with E-state index in [-0.39, 0.29) is 11.8 Å². The maximum absolute atomic E-state index is 12.7. The van der Waals surface area contributed by atoms with E-state index in [2.05, 4.69) is 21.2 Å². The third-order valence-corrected chi connectivity index (χ3v) is 5.79. The number of nitrogens with zero attached hydrogens (tertiary/aromatic N) is 3. The van der Waals surface area contributed by atoms with Gasteiger partial charge in [-0.05, 0) is 37.6 Å². The molecule has 0 aromatic heterocycles. The molecular formula is C24H30N4O3. The number of carbonyl (C=O) groups is 2. The minimum absolute atomic E-state index is 0.0535. The van der Waals surface area contributed by atoms with Crippen LogP contribution in [-0.4, -0.2) is 62.6 Å². The fraction of sp³-hybridized carbons (Fsp3) is 0.417. The highest BCUT2D eigenvalue weighted by molar-refractivity contribution is 6.02. The molecule has 2 heterocycles. The number of benzene rings is 2. The van der Waals surface area contributed by atoms with Crippen LogP contribution in [0.3, 0.4) is 0 Å². The van der Waals surface area contributed by atoms with Crippen LogP contribution in [-0.2, 0) is 9.59 Å². The van der Waals surface area contributed by atoms with Gasteiger partial charge in [0.25, 0.3) is 0 Å². The number of hydrogen-bond acceptors (Lipinski definition) is 5. The van der Waals surface area contributed by atoms with Gasteiger partial charge >= 0.3 is 0 Å². The summed E-state index contributed by atoms with van der Waals surface area (Å²) in [5, 5.41) is 3.02. The van der Waals surface area contributed by atoms with E-state index in [9.17, 15) is 9.59 Å². The molecule has 7 heteroatoms. The van der Waals surface area contributed by atoms with Gasteiger partial charge in [0.15, 0.2) is 0 Å². The summed E-state index contributed by atoms with van der Waals surface area (Å²) >= 11 is 0. The molecular weight excluding hydrogens is 392 g/mol. The maximum atomic E-state index is 12.7. The van der Waals surface area contributed by atoms with Crippen LogP contribution in [0.5, 0.6) is 5.75 Å². The Morgan fingerprint density at radius 2 is 1.68 bits per heavy atom. The first-order valence-corrected chi connectivity index (χ1v) is 11.0. The first-order chi connectivity index (χ1) is 15.2. The van der Waals surface area contributed by atoms with Crippen molar-refractivity contribution < 1.29 is 14.3 Å². The minimum Gasteiger partial charge on any atom is -0.492 e. The Hall–Kier alpha value is -3.06. The highest BCUT2D eigenvalue weighted by Crippen LogP contribution is 2.30. The highest BCUT2D eigenvalue weighted by Gasteiger charge is 2.25. The molecule has 2 aromatic carbocycles. The van der Waals surface area contributed by atoms with E-state index in [0.717, 1.165) is 49.7 Å². The minimum atomic E-state index is -0.0535. The van der Waals surface area contributed by atoms with Crippen molar-refractivity contribution in [2.24, 2.45) is 0 Å². The summed E-state index contributed by atoms with van der Waals surface area (Å²) in [5.41, 5.74) is 2.60. The fourth-order valence-corrected chi connectivity index (χ4v) is 4.25. The Morgan fingerprint density at radius 3 is 2.39 bits per heavy atom. The van der Waals surface area contributed by atoms with E-state index in [1.807, 2.05) is 49.4 Å². The van der Waals surface area contributed by atoms with Gasteiger partial charge in [-0.15, -0.1) is 0 Å². The van der Waals surface area contributed by atoms with Crippen LogP contribution in [0.1, 0.15) is 19.8 Å². The molecule has 2 aromatic rings. The molecule has 0 aliphatic carbocycles. The van der Waals surface area contributed by atoms with Gasteiger partial charge in [-0.3, -0.25) is 14.5 Å². The van der Waals surface area contributed by atoms with Gasteiger partial charge < -0.3 is 19.9 Å². The molecule has 2 aliphatic heterocycles. The van der Waals surface area contributed by atoms with Crippen LogP contribution in [0.2, 0.25) is 0 Å². The van der Waals surface area contributed by atoms with Gasteiger partial charge in [-0.25, -0.2) is 0 Å². The zero-order valence-corrected chi connectivity index (χ0v) is 18.0. The molecule has 164 valence electrons. The number of piperazine rings is 1. The van der Waals surface area contributed by atoms with E-state index in [4.69, 9.17) is 4.74 Å². The predicted octanol–water partition coefficient (Wildman–Crippen LogP) is 2.97. The summed E-state index contributed by atoms with van der Waals surface area (Å²) in [7, 11) is 0. The average molecular weight is 423 g/mol. The van der Waals surface area contributed by atoms with Crippen molar-refractivity contribution in [2.75, 3.05) is 61.0 Å². The largest absolute Gasteiger partial charge is 0.492 e. The van der Waals surface area contributed by atoms with Crippen LogP contribution >= 0.6 is 0 Å². The molecule has 0 bridgehead atoms. The molecule has 0 atom stereocenters. The van der Waals surface area contributed by atoms with E-state index in [1.54, 1.807) is 4.90 Å². The highest BCUT2D eigenvalue weighted by atomic mass is 16.5. The monoisotopic (exact) mass is 422 g/mol. The second kappa shape index (κ2) is 9.83. The van der Waals surface area contributed by atoms with Gasteiger partial charge in [-0.1, -0.05) is 24.3 Å². The second-order valence-electron chi connectivity index (χ2n) is 7.88. The third kappa shape index (κ3) is 4.99. The summed E-state index contributed by atoms with van der Waals surface area (Å²) in [6.45, 7) is 6.97. The van der Waals surface area contributed by atoms with Crippen molar-refractivity contribution in [3.05, 3.63) is 48.5 Å². The number of carbonyl (C=O) groups excluding carboxylic acids is 2. The standard InChI is InChI=1S/C24H30N4O3/c1-2-31-22-11-6-5-10-21(22)27-16-14-26(15-17-27)18-23(29)25-19-8-3-4-9-20(19)28-13-7-12-24(28)30/h3-6,8-11H,2,7,12-18H2,1H3,(H,25,29). The number of hydrogen-bond donors (Lipinski definition) is 1. The molecule has 31 heavy (non-hydrogen) atoms. The third-order valence-electron chi connectivity index (χ3n) is 5.79. The van der Waals surface area contributed by atoms with Crippen LogP contribution in [0.4, 0.5) is 17.1 Å². The van der Waals surface area contributed by atoms with Gasteiger partial charge in [0.2, 0.25) is 11.8 Å². The lowest BCUT2D eigenvalue weighted by Gasteiger charge is -2.36. The maximum Gasteiger partial charge on any atom is 0.238 e. The molecule has 2 amide bonds. The number of para-hydroxylation sites is 4. The zero-order chi connectivity index (χ0) is 21.6. The van der Waals surface area contributed by atoms with E-state index < -0.39 is 0 Å². The zero-order valence-electron chi connectivity index (χ0n) is 18.0. The van der Waals surface area contributed by atoms with Crippen molar-refractivity contribution in [3.8, 4) is 5.75 Å². The number of anilines is 3. The normalized spacial score (nSPS) is 17.1. The van der Waals surface area contributed by atoms with Crippen molar-refractivity contribution in [3.63, 3.8) is 0 Å². The number of ether oxygens (including phenoxy) is 1. The first-order valence-electron chi connectivity index (χ1n) is 11.0. The lowest BCUT2D eigenvalue weighted by Crippen LogP contribution is -2.48. The molecule has 1 N–H and O–H groups in total. The first kappa shape index (κ1) is 21.2. The fourth-order valence-electron chi connectivity index (χ4n) is 4.25. The van der Waals surface area contributed by atoms with Gasteiger partial charge in [0.05, 0.1) is 30.2 Å². The van der Waals surface area contributed by atoms with Crippen molar-refractivity contribution in [2.45, 2.75) is 19.8 Å². The van der Waals surface area contributed by atoms with E-state index in [1.165, 1.54) is 0 Å². The molecule has 2 aliphatic rings. The topological polar surface area (TPSA) is 65.1 Å². The van der Waals surface area contributed by atoms with Crippen LogP contribution in [0, 0.1) is 0 Å². The molecule has 0 saturated carbocycles. The van der Waals surface area contributed by atoms with E-state index in [0.29, 0.717) is 31.8 Å². The predicted molar refractivity (Wildman–Crippen MR) is 123 cm³/mol.